The van der Waals surface area contributed by atoms with Crippen molar-refractivity contribution in [3.05, 3.63) is 64.2 Å². The van der Waals surface area contributed by atoms with Crippen LogP contribution in [0.1, 0.15) is 28.2 Å². The molecule has 1 fully saturated rings. The Kier molecular flexibility index (Phi) is 5.45. The molecule has 2 aromatic heterocycles. The van der Waals surface area contributed by atoms with Crippen molar-refractivity contribution >= 4 is 28.1 Å². The highest BCUT2D eigenvalue weighted by Crippen LogP contribution is 2.20. The number of aromatic nitrogens is 1. The first-order valence-corrected chi connectivity index (χ1v) is 10.2. The van der Waals surface area contributed by atoms with Crippen molar-refractivity contribution in [1.82, 2.24) is 15.2 Å². The number of hydrogen-bond acceptors (Lipinski definition) is 4. The fraction of sp³-hybridized carbons (Fsp3) is 0.333. The van der Waals surface area contributed by atoms with Gasteiger partial charge in [-0.15, -0.1) is 11.3 Å². The number of thiophene rings is 1. The van der Waals surface area contributed by atoms with Crippen LogP contribution in [-0.4, -0.2) is 35.4 Å². The van der Waals surface area contributed by atoms with Crippen molar-refractivity contribution in [3.63, 3.8) is 0 Å². The highest BCUT2D eigenvalue weighted by molar-refractivity contribution is 7.12. The predicted octanol–water partition coefficient (Wildman–Crippen LogP) is 4.08. The van der Waals surface area contributed by atoms with Crippen LogP contribution in [0.2, 0.25) is 0 Å². The highest BCUT2D eigenvalue weighted by Gasteiger charge is 2.21. The van der Waals surface area contributed by atoms with E-state index in [0.29, 0.717) is 24.5 Å². The maximum atomic E-state index is 14.0. The van der Waals surface area contributed by atoms with Crippen molar-refractivity contribution in [2.75, 3.05) is 19.6 Å². The molecule has 1 aromatic carbocycles. The molecule has 140 valence electrons. The molecule has 4 nitrogen and oxygen atoms in total. The molecular weight excluding hydrogens is 361 g/mol. The first-order valence-electron chi connectivity index (χ1n) is 9.27. The first kappa shape index (κ1) is 18.1. The summed E-state index contributed by atoms with van der Waals surface area (Å²) in [5, 5.41) is 5.79. The van der Waals surface area contributed by atoms with Gasteiger partial charge in [0.1, 0.15) is 11.3 Å². The number of nitrogens with one attached hydrogen (secondary N) is 1. The summed E-state index contributed by atoms with van der Waals surface area (Å²) in [6.07, 6.45) is 2.21. The molecule has 0 spiro atoms. The van der Waals surface area contributed by atoms with E-state index in [2.05, 4.69) is 15.2 Å². The van der Waals surface area contributed by atoms with Crippen LogP contribution in [-0.2, 0) is 6.54 Å². The van der Waals surface area contributed by atoms with Crippen LogP contribution in [0.5, 0.6) is 0 Å². The minimum absolute atomic E-state index is 0.00814. The van der Waals surface area contributed by atoms with Gasteiger partial charge in [0, 0.05) is 25.0 Å². The van der Waals surface area contributed by atoms with E-state index in [1.165, 1.54) is 17.4 Å². The van der Waals surface area contributed by atoms with Crippen LogP contribution >= 0.6 is 11.3 Å². The predicted molar refractivity (Wildman–Crippen MR) is 106 cm³/mol. The fourth-order valence-electron chi connectivity index (χ4n) is 3.66. The lowest BCUT2D eigenvalue weighted by molar-refractivity contribution is 0.0934. The topological polar surface area (TPSA) is 45.2 Å². The molecule has 1 aliphatic heterocycles. The number of carbonyl (C=O) groups is 1. The Morgan fingerprint density at radius 3 is 3.04 bits per heavy atom. The number of rotatable bonds is 5. The first-order chi connectivity index (χ1) is 13.2. The minimum Gasteiger partial charge on any atom is -0.351 e. The standard InChI is InChI=1S/C21H22FN3OS/c22-18-6-1-5-16-8-9-17(24-20(16)18)14-25-10-2-4-15(13-25)12-23-21(26)19-7-3-11-27-19/h1,3,5-9,11,15H,2,4,10,12-14H2,(H,23,26). The molecule has 1 atom stereocenters. The second kappa shape index (κ2) is 8.15. The molecule has 1 saturated heterocycles. The number of carbonyl (C=O) groups excluding carboxylic acids is 1. The Balaban J connectivity index is 1.36. The van der Waals surface area contributed by atoms with Crippen LogP contribution < -0.4 is 5.32 Å². The molecule has 0 radical (unpaired) electrons. The quantitative estimate of drug-likeness (QED) is 0.722. The Bertz CT molecular complexity index is 928. The summed E-state index contributed by atoms with van der Waals surface area (Å²) < 4.78 is 14.0. The van der Waals surface area contributed by atoms with E-state index in [9.17, 15) is 9.18 Å². The number of halogens is 1. The zero-order valence-corrected chi connectivity index (χ0v) is 15.8. The maximum absolute atomic E-state index is 14.0. The van der Waals surface area contributed by atoms with Gasteiger partial charge in [0.15, 0.2) is 0 Å². The maximum Gasteiger partial charge on any atom is 0.261 e. The van der Waals surface area contributed by atoms with Gasteiger partial charge in [-0.1, -0.05) is 24.3 Å². The summed E-state index contributed by atoms with van der Waals surface area (Å²) in [4.78, 5) is 19.7. The summed E-state index contributed by atoms with van der Waals surface area (Å²) >= 11 is 1.46. The second-order valence-electron chi connectivity index (χ2n) is 7.04. The number of likely N-dealkylation sites (tertiary alicyclic amines) is 1. The number of piperidine rings is 1. The largest absolute Gasteiger partial charge is 0.351 e. The molecular formula is C21H22FN3OS. The van der Waals surface area contributed by atoms with Crippen molar-refractivity contribution in [2.45, 2.75) is 19.4 Å². The third kappa shape index (κ3) is 4.34. The van der Waals surface area contributed by atoms with Crippen molar-refractivity contribution in [1.29, 1.82) is 0 Å². The molecule has 1 unspecified atom stereocenters. The number of benzene rings is 1. The zero-order chi connectivity index (χ0) is 18.6. The summed E-state index contributed by atoms with van der Waals surface area (Å²) in [5.41, 5.74) is 1.32. The monoisotopic (exact) mass is 383 g/mol. The summed E-state index contributed by atoms with van der Waals surface area (Å²) in [6, 6.07) is 12.7. The lowest BCUT2D eigenvalue weighted by Crippen LogP contribution is -2.40. The van der Waals surface area contributed by atoms with Crippen LogP contribution in [0.25, 0.3) is 10.9 Å². The number of fused-ring (bicyclic) bond motifs is 1. The zero-order valence-electron chi connectivity index (χ0n) is 15.0. The van der Waals surface area contributed by atoms with Gasteiger partial charge in [0.25, 0.3) is 5.91 Å². The lowest BCUT2D eigenvalue weighted by atomic mass is 9.97. The van der Waals surface area contributed by atoms with Crippen molar-refractivity contribution in [2.24, 2.45) is 5.92 Å². The van der Waals surface area contributed by atoms with Gasteiger partial charge in [-0.3, -0.25) is 9.69 Å². The summed E-state index contributed by atoms with van der Waals surface area (Å²) in [7, 11) is 0. The fourth-order valence-corrected chi connectivity index (χ4v) is 4.30. The average Bonchev–Trinajstić information content (AvgIpc) is 3.22. The van der Waals surface area contributed by atoms with Gasteiger partial charge < -0.3 is 5.32 Å². The number of hydrogen-bond donors (Lipinski definition) is 1. The van der Waals surface area contributed by atoms with Crippen LogP contribution in [0, 0.1) is 11.7 Å². The van der Waals surface area contributed by atoms with Gasteiger partial charge in [0.05, 0.1) is 10.6 Å². The van der Waals surface area contributed by atoms with Gasteiger partial charge in [-0.25, -0.2) is 9.37 Å². The Morgan fingerprint density at radius 1 is 1.26 bits per heavy atom. The van der Waals surface area contributed by atoms with Gasteiger partial charge in [-0.05, 0) is 48.9 Å². The normalized spacial score (nSPS) is 17.9. The van der Waals surface area contributed by atoms with Crippen molar-refractivity contribution in [3.8, 4) is 0 Å². The number of nitrogens with zero attached hydrogens (tertiary/aromatic N) is 2. The molecule has 1 amide bonds. The highest BCUT2D eigenvalue weighted by atomic mass is 32.1. The van der Waals surface area contributed by atoms with E-state index < -0.39 is 0 Å². The number of pyridine rings is 1. The Morgan fingerprint density at radius 2 is 2.19 bits per heavy atom. The molecule has 1 N–H and O–H groups in total. The SMILES string of the molecule is O=C(NCC1CCCN(Cc2ccc3cccc(F)c3n2)C1)c1cccs1. The third-order valence-corrected chi connectivity index (χ3v) is 5.88. The minimum atomic E-state index is -0.276. The summed E-state index contributed by atoms with van der Waals surface area (Å²) in [6.45, 7) is 3.32. The number of amides is 1. The van der Waals surface area contributed by atoms with E-state index in [4.69, 9.17) is 0 Å². The van der Waals surface area contributed by atoms with E-state index in [0.717, 1.165) is 41.9 Å². The van der Waals surface area contributed by atoms with Crippen molar-refractivity contribution < 1.29 is 9.18 Å². The van der Waals surface area contributed by atoms with E-state index in [-0.39, 0.29) is 11.7 Å². The molecule has 3 aromatic rings. The molecule has 3 heterocycles. The van der Waals surface area contributed by atoms with Gasteiger partial charge in [-0.2, -0.15) is 0 Å². The molecule has 27 heavy (non-hydrogen) atoms. The molecule has 0 bridgehead atoms. The molecule has 0 aliphatic carbocycles. The Labute approximate surface area is 162 Å². The summed E-state index contributed by atoms with van der Waals surface area (Å²) in [5.74, 6) is 0.163. The van der Waals surface area contributed by atoms with E-state index >= 15 is 0 Å². The van der Waals surface area contributed by atoms with Gasteiger partial charge in [0.2, 0.25) is 0 Å². The molecule has 4 rings (SSSR count). The van der Waals surface area contributed by atoms with Crippen LogP contribution in [0.3, 0.4) is 0 Å². The molecule has 1 aliphatic rings. The third-order valence-electron chi connectivity index (χ3n) is 5.01. The lowest BCUT2D eigenvalue weighted by Gasteiger charge is -2.32. The second-order valence-corrected chi connectivity index (χ2v) is 7.99. The van der Waals surface area contributed by atoms with Crippen LogP contribution in [0.4, 0.5) is 4.39 Å². The average molecular weight is 383 g/mol. The van der Waals surface area contributed by atoms with E-state index in [1.54, 1.807) is 6.07 Å². The van der Waals surface area contributed by atoms with Gasteiger partial charge >= 0.3 is 0 Å². The van der Waals surface area contributed by atoms with Crippen LogP contribution in [0.15, 0.2) is 47.8 Å². The smallest absolute Gasteiger partial charge is 0.261 e. The Hall–Kier alpha value is -2.31. The van der Waals surface area contributed by atoms with E-state index in [1.807, 2.05) is 35.7 Å². The number of para-hydroxylation sites is 1. The molecule has 6 heteroatoms. The molecule has 0 saturated carbocycles.